The summed E-state index contributed by atoms with van der Waals surface area (Å²) in [5.74, 6) is 0.305. The number of rotatable bonds is 3. The van der Waals surface area contributed by atoms with Gasteiger partial charge in [-0.1, -0.05) is 22.5 Å². The molecule has 0 amide bonds. The zero-order chi connectivity index (χ0) is 9.84. The van der Waals surface area contributed by atoms with Crippen LogP contribution >= 0.6 is 31.9 Å². The van der Waals surface area contributed by atoms with Gasteiger partial charge in [0.1, 0.15) is 18.2 Å². The van der Waals surface area contributed by atoms with E-state index < -0.39 is 0 Å². The van der Waals surface area contributed by atoms with Crippen LogP contribution in [-0.4, -0.2) is 6.61 Å². The van der Waals surface area contributed by atoms with Crippen LogP contribution in [0, 0.1) is 5.82 Å². The Bertz CT molecular complexity index is 325. The summed E-state index contributed by atoms with van der Waals surface area (Å²) in [5.41, 5.74) is 0. The van der Waals surface area contributed by atoms with Crippen molar-refractivity contribution in [2.75, 3.05) is 6.61 Å². The molecule has 0 unspecified atom stereocenters. The number of halogens is 3. The molecular formula is C9H7Br2FO. The molecule has 1 aromatic carbocycles. The maximum absolute atomic E-state index is 12.8. The smallest absolute Gasteiger partial charge is 0.137 e. The molecule has 0 radical (unpaired) electrons. The van der Waals surface area contributed by atoms with E-state index in [2.05, 4.69) is 38.4 Å². The van der Waals surface area contributed by atoms with E-state index in [9.17, 15) is 4.39 Å². The Labute approximate surface area is 92.9 Å². The van der Waals surface area contributed by atoms with Crippen LogP contribution in [0.4, 0.5) is 4.39 Å². The van der Waals surface area contributed by atoms with Crippen LogP contribution in [-0.2, 0) is 0 Å². The molecule has 0 aliphatic heterocycles. The van der Waals surface area contributed by atoms with Gasteiger partial charge in [0, 0.05) is 4.48 Å². The van der Waals surface area contributed by atoms with Crippen LogP contribution in [0.3, 0.4) is 0 Å². The van der Waals surface area contributed by atoms with Crippen LogP contribution in [0.2, 0.25) is 0 Å². The quantitative estimate of drug-likeness (QED) is 0.823. The highest BCUT2D eigenvalue weighted by atomic mass is 79.9. The van der Waals surface area contributed by atoms with Gasteiger partial charge in [-0.25, -0.2) is 4.39 Å². The molecule has 0 aliphatic carbocycles. The van der Waals surface area contributed by atoms with Crippen molar-refractivity contribution < 1.29 is 9.13 Å². The molecule has 0 aliphatic rings. The first-order chi connectivity index (χ1) is 6.09. The number of benzene rings is 1. The third kappa shape index (κ3) is 3.48. The molecule has 70 valence electrons. The van der Waals surface area contributed by atoms with Gasteiger partial charge in [0.25, 0.3) is 0 Å². The molecule has 1 aromatic rings. The predicted octanol–water partition coefficient (Wildman–Crippen LogP) is 3.88. The second kappa shape index (κ2) is 4.77. The molecule has 13 heavy (non-hydrogen) atoms. The first-order valence-corrected chi connectivity index (χ1v) is 5.09. The summed E-state index contributed by atoms with van der Waals surface area (Å²) in [6, 6.07) is 4.48. The lowest BCUT2D eigenvalue weighted by atomic mass is 10.3. The topological polar surface area (TPSA) is 9.23 Å². The fourth-order valence-electron chi connectivity index (χ4n) is 0.728. The molecule has 0 spiro atoms. The van der Waals surface area contributed by atoms with E-state index in [4.69, 9.17) is 4.74 Å². The van der Waals surface area contributed by atoms with E-state index in [1.165, 1.54) is 6.07 Å². The lowest BCUT2D eigenvalue weighted by Gasteiger charge is -2.05. The van der Waals surface area contributed by atoms with Crippen LogP contribution in [0.1, 0.15) is 0 Å². The summed E-state index contributed by atoms with van der Waals surface area (Å²) in [4.78, 5) is 0. The third-order valence-electron chi connectivity index (χ3n) is 1.29. The van der Waals surface area contributed by atoms with Gasteiger partial charge >= 0.3 is 0 Å². The summed E-state index contributed by atoms with van der Waals surface area (Å²) >= 11 is 6.22. The fourth-order valence-corrected chi connectivity index (χ4v) is 1.20. The van der Waals surface area contributed by atoms with Gasteiger partial charge in [-0.2, -0.15) is 0 Å². The fraction of sp³-hybridized carbons (Fsp3) is 0.111. The molecule has 0 heterocycles. The third-order valence-corrected chi connectivity index (χ3v) is 2.12. The molecule has 0 atom stereocenters. The van der Waals surface area contributed by atoms with Gasteiger partial charge in [-0.3, -0.25) is 0 Å². The van der Waals surface area contributed by atoms with Gasteiger partial charge in [0.2, 0.25) is 0 Å². The summed E-state index contributed by atoms with van der Waals surface area (Å²) in [7, 11) is 0. The molecule has 4 heteroatoms. The Hall–Kier alpha value is -0.350. The van der Waals surface area contributed by atoms with Crippen LogP contribution in [0.25, 0.3) is 0 Å². The molecule has 0 bridgehead atoms. The monoisotopic (exact) mass is 308 g/mol. The Balaban J connectivity index is 2.68. The van der Waals surface area contributed by atoms with Gasteiger partial charge < -0.3 is 4.74 Å². The van der Waals surface area contributed by atoms with Crippen LogP contribution < -0.4 is 4.74 Å². The van der Waals surface area contributed by atoms with E-state index >= 15 is 0 Å². The number of hydrogen-bond donors (Lipinski definition) is 0. The second-order valence-corrected chi connectivity index (χ2v) is 4.36. The van der Waals surface area contributed by atoms with Crippen molar-refractivity contribution >= 4 is 31.9 Å². The van der Waals surface area contributed by atoms with E-state index in [1.807, 2.05) is 0 Å². The van der Waals surface area contributed by atoms with Crippen molar-refractivity contribution in [3.8, 4) is 5.75 Å². The minimum atomic E-state index is -0.301. The van der Waals surface area contributed by atoms with E-state index in [1.54, 1.807) is 12.1 Å². The lowest BCUT2D eigenvalue weighted by molar-refractivity contribution is 0.360. The van der Waals surface area contributed by atoms with E-state index in [0.717, 1.165) is 4.48 Å². The van der Waals surface area contributed by atoms with Gasteiger partial charge in [-0.15, -0.1) is 0 Å². The Morgan fingerprint density at radius 2 is 2.23 bits per heavy atom. The molecule has 0 saturated carbocycles. The van der Waals surface area contributed by atoms with Crippen molar-refractivity contribution in [3.63, 3.8) is 0 Å². The molecule has 1 rings (SSSR count). The molecule has 0 saturated heterocycles. The molecule has 0 aromatic heterocycles. The van der Waals surface area contributed by atoms with Gasteiger partial charge in [0.05, 0.1) is 4.47 Å². The van der Waals surface area contributed by atoms with Crippen molar-refractivity contribution in [3.05, 3.63) is 39.6 Å². The maximum Gasteiger partial charge on any atom is 0.137 e. The molecule has 0 N–H and O–H groups in total. The normalized spacial score (nSPS) is 9.77. The zero-order valence-corrected chi connectivity index (χ0v) is 9.86. The van der Waals surface area contributed by atoms with Gasteiger partial charge in [0.15, 0.2) is 0 Å². The first-order valence-electron chi connectivity index (χ1n) is 3.50. The molecule has 0 fully saturated rings. The van der Waals surface area contributed by atoms with E-state index in [0.29, 0.717) is 16.8 Å². The number of ether oxygens (including phenoxy) is 1. The average molecular weight is 310 g/mol. The Morgan fingerprint density at radius 1 is 1.54 bits per heavy atom. The SMILES string of the molecule is C=C(Br)COc1ccc(F)c(Br)c1. The largest absolute Gasteiger partial charge is 0.488 e. The molecular weight excluding hydrogens is 303 g/mol. The standard InChI is InChI=1S/C9H7Br2FO/c1-6(10)5-13-7-2-3-9(12)8(11)4-7/h2-4H,1,5H2. The summed E-state index contributed by atoms with van der Waals surface area (Å²) in [6.07, 6.45) is 0. The maximum atomic E-state index is 12.8. The Morgan fingerprint density at radius 3 is 2.77 bits per heavy atom. The van der Waals surface area contributed by atoms with Crippen molar-refractivity contribution in [1.29, 1.82) is 0 Å². The van der Waals surface area contributed by atoms with Gasteiger partial charge in [-0.05, 0) is 34.1 Å². The predicted molar refractivity (Wildman–Crippen MR) is 57.7 cm³/mol. The number of hydrogen-bond acceptors (Lipinski definition) is 1. The highest BCUT2D eigenvalue weighted by Crippen LogP contribution is 2.22. The van der Waals surface area contributed by atoms with Crippen LogP contribution in [0.15, 0.2) is 33.7 Å². The zero-order valence-electron chi connectivity index (χ0n) is 6.69. The minimum Gasteiger partial charge on any atom is -0.488 e. The first kappa shape index (κ1) is 10.7. The highest BCUT2D eigenvalue weighted by Gasteiger charge is 2.00. The van der Waals surface area contributed by atoms with Crippen molar-refractivity contribution in [2.45, 2.75) is 0 Å². The molecule has 1 nitrogen and oxygen atoms in total. The van der Waals surface area contributed by atoms with Crippen molar-refractivity contribution in [2.24, 2.45) is 0 Å². The summed E-state index contributed by atoms with van der Waals surface area (Å²) < 4.78 is 19.2. The van der Waals surface area contributed by atoms with E-state index in [-0.39, 0.29) is 5.82 Å². The highest BCUT2D eigenvalue weighted by molar-refractivity contribution is 9.11. The average Bonchev–Trinajstić information content (AvgIpc) is 2.07. The second-order valence-electron chi connectivity index (χ2n) is 2.38. The minimum absolute atomic E-state index is 0.301. The Kier molecular flexibility index (Phi) is 3.93. The van der Waals surface area contributed by atoms with Crippen molar-refractivity contribution in [1.82, 2.24) is 0 Å². The van der Waals surface area contributed by atoms with Crippen LogP contribution in [0.5, 0.6) is 5.75 Å². The summed E-state index contributed by atoms with van der Waals surface area (Å²) in [6.45, 7) is 3.99. The summed E-state index contributed by atoms with van der Waals surface area (Å²) in [5, 5.41) is 0. The lowest BCUT2D eigenvalue weighted by Crippen LogP contribution is -1.96.